The lowest BCUT2D eigenvalue weighted by Crippen LogP contribution is -2.39. The van der Waals surface area contributed by atoms with Gasteiger partial charge in [0.1, 0.15) is 0 Å². The zero-order chi connectivity index (χ0) is 29.0. The molecule has 0 aliphatic carbocycles. The normalized spacial score (nSPS) is 15.4. The summed E-state index contributed by atoms with van der Waals surface area (Å²) < 4.78 is 27.8. The summed E-state index contributed by atoms with van der Waals surface area (Å²) in [6.07, 6.45) is 0.455. The molecule has 13 heteroatoms. The van der Waals surface area contributed by atoms with E-state index in [2.05, 4.69) is 5.32 Å². The molecular weight excluding hydrogens is 581 g/mol. The molecule has 1 fully saturated rings. The quantitative estimate of drug-likeness (QED) is 0.203. The number of Topliss-reactive ketones (excluding diaryl/α,β-unsaturated/α-hetero) is 1. The van der Waals surface area contributed by atoms with Gasteiger partial charge in [0.2, 0.25) is 15.9 Å². The highest BCUT2D eigenvalue weighted by Crippen LogP contribution is 2.25. The maximum atomic E-state index is 12.9. The fraction of sp³-hybridized carbons (Fsp3) is 0.185. The fourth-order valence-electron chi connectivity index (χ4n) is 4.01. The summed E-state index contributed by atoms with van der Waals surface area (Å²) in [4.78, 5) is 51.2. The van der Waals surface area contributed by atoms with Crippen LogP contribution in [-0.2, 0) is 30.8 Å². The molecule has 3 N–H and O–H groups in total. The maximum absolute atomic E-state index is 12.9. The molecule has 40 heavy (non-hydrogen) atoms. The van der Waals surface area contributed by atoms with E-state index >= 15 is 0 Å². The van der Waals surface area contributed by atoms with E-state index in [1.807, 2.05) is 0 Å². The van der Waals surface area contributed by atoms with Gasteiger partial charge < -0.3 is 10.1 Å². The second-order valence-corrected chi connectivity index (χ2v) is 11.3. The number of amides is 2. The van der Waals surface area contributed by atoms with Crippen LogP contribution in [0.25, 0.3) is 0 Å². The van der Waals surface area contributed by atoms with E-state index < -0.39 is 46.2 Å². The minimum atomic E-state index is -3.78. The molecule has 208 valence electrons. The Balaban J connectivity index is 1.30. The lowest BCUT2D eigenvalue weighted by Gasteiger charge is -2.16. The monoisotopic (exact) mass is 603 g/mol. The van der Waals surface area contributed by atoms with Gasteiger partial charge >= 0.3 is 5.97 Å². The number of benzene rings is 3. The van der Waals surface area contributed by atoms with Gasteiger partial charge in [-0.2, -0.15) is 0 Å². The smallest absolute Gasteiger partial charge is 0.338 e. The highest BCUT2D eigenvalue weighted by molar-refractivity contribution is 7.89. The average Bonchev–Trinajstić information content (AvgIpc) is 3.21. The second-order valence-electron chi connectivity index (χ2n) is 8.89. The third-order valence-electron chi connectivity index (χ3n) is 6.14. The van der Waals surface area contributed by atoms with Gasteiger partial charge in [0.15, 0.2) is 12.4 Å². The molecule has 1 aliphatic rings. The summed E-state index contributed by atoms with van der Waals surface area (Å²) in [5, 5.41) is 8.65. The van der Waals surface area contributed by atoms with E-state index in [0.717, 1.165) is 10.5 Å². The molecule has 0 spiro atoms. The number of nitrogens with zero attached hydrogens (tertiary/aromatic N) is 1. The molecule has 0 bridgehead atoms. The molecule has 2 amide bonds. The average molecular weight is 604 g/mol. The van der Waals surface area contributed by atoms with Crippen LogP contribution in [0.3, 0.4) is 0 Å². The first-order valence-electron chi connectivity index (χ1n) is 11.9. The van der Waals surface area contributed by atoms with Crippen LogP contribution >= 0.6 is 23.2 Å². The number of nitrogens with two attached hydrogens (primary N) is 1. The summed E-state index contributed by atoms with van der Waals surface area (Å²) >= 11 is 11.8. The predicted octanol–water partition coefficient (Wildman–Crippen LogP) is 3.14. The lowest BCUT2D eigenvalue weighted by atomic mass is 10.1. The molecule has 1 unspecified atom stereocenters. The number of sulfonamides is 1. The minimum absolute atomic E-state index is 0.00693. The van der Waals surface area contributed by atoms with Gasteiger partial charge in [-0.3, -0.25) is 14.4 Å². The highest BCUT2D eigenvalue weighted by Gasteiger charge is 2.39. The number of ether oxygens (including phenoxy) is 1. The number of anilines is 1. The number of halogens is 2. The van der Waals surface area contributed by atoms with Crippen LogP contribution in [0.5, 0.6) is 0 Å². The van der Waals surface area contributed by atoms with E-state index in [4.69, 9.17) is 33.1 Å². The van der Waals surface area contributed by atoms with Crippen LogP contribution in [-0.4, -0.2) is 51.2 Å². The van der Waals surface area contributed by atoms with Gasteiger partial charge in [-0.15, -0.1) is 0 Å². The van der Waals surface area contributed by atoms with Crippen molar-refractivity contribution >= 4 is 62.5 Å². The van der Waals surface area contributed by atoms with E-state index in [1.54, 1.807) is 12.1 Å². The zero-order valence-electron chi connectivity index (χ0n) is 20.8. The van der Waals surface area contributed by atoms with Gasteiger partial charge in [-0.25, -0.2) is 23.3 Å². The highest BCUT2D eigenvalue weighted by atomic mass is 35.5. The number of rotatable bonds is 10. The maximum Gasteiger partial charge on any atom is 0.338 e. The van der Waals surface area contributed by atoms with Crippen molar-refractivity contribution in [2.75, 3.05) is 18.1 Å². The number of hydrogen-bond acceptors (Lipinski definition) is 8. The summed E-state index contributed by atoms with van der Waals surface area (Å²) in [5.74, 6) is -2.05. The Bertz CT molecular complexity index is 1580. The topological polar surface area (TPSA) is 153 Å². The first kappa shape index (κ1) is 29.4. The number of primary sulfonamides is 1. The summed E-state index contributed by atoms with van der Waals surface area (Å²) in [5.41, 5.74) is 1.50. The fourth-order valence-corrected chi connectivity index (χ4v) is 4.83. The van der Waals surface area contributed by atoms with Gasteiger partial charge in [0.05, 0.1) is 38.7 Å². The molecule has 1 aliphatic heterocycles. The molecule has 10 nitrogen and oxygen atoms in total. The molecule has 0 saturated carbocycles. The Morgan fingerprint density at radius 2 is 1.60 bits per heavy atom. The van der Waals surface area contributed by atoms with Crippen LogP contribution in [0, 0.1) is 0 Å². The number of carbonyl (C=O) groups excluding carboxylic acids is 4. The van der Waals surface area contributed by atoms with Crippen molar-refractivity contribution in [2.45, 2.75) is 23.8 Å². The molecule has 1 atom stereocenters. The van der Waals surface area contributed by atoms with E-state index in [1.165, 1.54) is 54.6 Å². The third-order valence-corrected chi connectivity index (χ3v) is 7.81. The minimum Gasteiger partial charge on any atom is -0.454 e. The van der Waals surface area contributed by atoms with Crippen molar-refractivity contribution in [3.8, 4) is 0 Å². The van der Waals surface area contributed by atoms with E-state index in [-0.39, 0.29) is 27.5 Å². The van der Waals surface area contributed by atoms with E-state index in [0.29, 0.717) is 23.7 Å². The van der Waals surface area contributed by atoms with Crippen molar-refractivity contribution in [1.29, 1.82) is 0 Å². The first-order valence-corrected chi connectivity index (χ1v) is 14.2. The number of hydrogen-bond donors (Lipinski definition) is 2. The Labute approximate surface area is 240 Å². The van der Waals surface area contributed by atoms with Crippen molar-refractivity contribution < 1.29 is 32.3 Å². The predicted molar refractivity (Wildman–Crippen MR) is 148 cm³/mol. The van der Waals surface area contributed by atoms with Gasteiger partial charge in [0.25, 0.3) is 5.91 Å². The van der Waals surface area contributed by atoms with Crippen molar-refractivity contribution in [3.05, 3.63) is 93.5 Å². The number of esters is 1. The molecule has 3 aromatic rings. The summed E-state index contributed by atoms with van der Waals surface area (Å²) in [7, 11) is -3.78. The van der Waals surface area contributed by atoms with Gasteiger partial charge in [0, 0.05) is 5.56 Å². The van der Waals surface area contributed by atoms with Crippen LogP contribution in [0.4, 0.5) is 5.69 Å². The van der Waals surface area contributed by atoms with Crippen molar-refractivity contribution in [2.24, 2.45) is 5.14 Å². The summed E-state index contributed by atoms with van der Waals surface area (Å²) in [6.45, 7) is -0.136. The Morgan fingerprint density at radius 1 is 0.950 bits per heavy atom. The molecule has 1 saturated heterocycles. The SMILES string of the molecule is NS(=O)(=O)c1ccc(CCNC2CC(=O)N(c3ccc(C(=O)OCC(=O)c4ccc(Cl)c(Cl)c4)cc3)C2=O)cc1. The van der Waals surface area contributed by atoms with Gasteiger partial charge in [-0.05, 0) is 73.1 Å². The van der Waals surface area contributed by atoms with Crippen LogP contribution in [0.15, 0.2) is 71.6 Å². The molecule has 0 aromatic heterocycles. The second kappa shape index (κ2) is 12.3. The van der Waals surface area contributed by atoms with Gasteiger partial charge in [-0.1, -0.05) is 35.3 Å². The lowest BCUT2D eigenvalue weighted by molar-refractivity contribution is -0.121. The number of imide groups is 1. The Morgan fingerprint density at radius 3 is 2.23 bits per heavy atom. The first-order chi connectivity index (χ1) is 18.9. The molecule has 3 aromatic carbocycles. The third kappa shape index (κ3) is 6.93. The number of carbonyl (C=O) groups is 4. The Kier molecular flexibility index (Phi) is 9.02. The summed E-state index contributed by atoms with van der Waals surface area (Å²) in [6, 6.07) is 15.4. The molecular formula is C27H23Cl2N3O7S. The van der Waals surface area contributed by atoms with Crippen LogP contribution < -0.4 is 15.4 Å². The van der Waals surface area contributed by atoms with Crippen molar-refractivity contribution in [1.82, 2.24) is 5.32 Å². The molecule has 1 heterocycles. The zero-order valence-corrected chi connectivity index (χ0v) is 23.1. The largest absolute Gasteiger partial charge is 0.454 e. The number of ketones is 1. The molecule has 4 rings (SSSR count). The Hall–Kier alpha value is -3.61. The van der Waals surface area contributed by atoms with E-state index in [9.17, 15) is 27.6 Å². The van der Waals surface area contributed by atoms with Crippen LogP contribution in [0.2, 0.25) is 10.0 Å². The van der Waals surface area contributed by atoms with Crippen molar-refractivity contribution in [3.63, 3.8) is 0 Å². The molecule has 0 radical (unpaired) electrons. The van der Waals surface area contributed by atoms with Crippen LogP contribution in [0.1, 0.15) is 32.7 Å². The standard InChI is InChI=1S/C27H23Cl2N3O7S/c28-21-10-5-18(13-22(21)29)24(33)15-39-27(36)17-3-6-19(7-4-17)32-25(34)14-23(26(32)35)31-12-11-16-1-8-20(9-2-16)40(30,37)38/h1-10,13,23,31H,11-12,14-15H2,(H2,30,37,38). The number of nitrogens with one attached hydrogen (secondary N) is 1.